The Hall–Kier alpha value is -3.62. The normalized spacial score (nSPS) is 17.0. The first kappa shape index (κ1) is 26.0. The maximum absolute atomic E-state index is 13.2. The van der Waals surface area contributed by atoms with Crippen LogP contribution in [0.1, 0.15) is 27.2 Å². The van der Waals surface area contributed by atoms with Crippen LogP contribution >= 0.6 is 0 Å². The van der Waals surface area contributed by atoms with Gasteiger partial charge in [0.25, 0.3) is 5.91 Å². The molecule has 1 aromatic heterocycles. The molecule has 3 heterocycles. The zero-order valence-electron chi connectivity index (χ0n) is 21.5. The van der Waals surface area contributed by atoms with Gasteiger partial charge in [0, 0.05) is 71.6 Å². The number of rotatable bonds is 7. The molecule has 1 amide bonds. The van der Waals surface area contributed by atoms with Crippen LogP contribution in [-0.4, -0.2) is 82.8 Å². The van der Waals surface area contributed by atoms with Gasteiger partial charge in [-0.15, -0.1) is 0 Å². The van der Waals surface area contributed by atoms with Crippen molar-refractivity contribution in [3.8, 4) is 0 Å². The molecule has 0 radical (unpaired) electrons. The van der Waals surface area contributed by atoms with Gasteiger partial charge in [0.05, 0.1) is 17.0 Å². The van der Waals surface area contributed by atoms with Crippen molar-refractivity contribution in [3.63, 3.8) is 0 Å². The summed E-state index contributed by atoms with van der Waals surface area (Å²) in [6.07, 6.45) is 1.65. The average Bonchev–Trinajstić information content (AvgIpc) is 2.96. The Morgan fingerprint density at radius 3 is 1.61 bits per heavy atom. The molecule has 5 rings (SSSR count). The van der Waals surface area contributed by atoms with Crippen molar-refractivity contribution in [2.24, 2.45) is 0 Å². The highest BCUT2D eigenvalue weighted by Crippen LogP contribution is 2.20. The van der Waals surface area contributed by atoms with Crippen LogP contribution in [0.5, 0.6) is 0 Å². The second-order valence-corrected chi connectivity index (χ2v) is 9.96. The number of piperazine rings is 2. The minimum atomic E-state index is -0.228. The Morgan fingerprint density at radius 2 is 1.16 bits per heavy atom. The molecule has 2 fully saturated rings. The summed E-state index contributed by atoms with van der Waals surface area (Å²) < 4.78 is 26.3. The van der Waals surface area contributed by atoms with Crippen molar-refractivity contribution in [1.29, 1.82) is 0 Å². The molecule has 38 heavy (non-hydrogen) atoms. The molecule has 0 atom stereocenters. The van der Waals surface area contributed by atoms with Gasteiger partial charge in [-0.3, -0.25) is 19.6 Å². The van der Waals surface area contributed by atoms with E-state index in [4.69, 9.17) is 0 Å². The highest BCUT2D eigenvalue weighted by molar-refractivity contribution is 5.94. The molecule has 2 aliphatic heterocycles. The van der Waals surface area contributed by atoms with Gasteiger partial charge in [0.15, 0.2) is 0 Å². The molecule has 0 bridgehead atoms. The Kier molecular flexibility index (Phi) is 8.10. The number of carbonyl (C=O) groups excluding carboxylic acids is 1. The molecule has 0 N–H and O–H groups in total. The minimum absolute atomic E-state index is 0.00879. The third kappa shape index (κ3) is 6.44. The lowest BCUT2D eigenvalue weighted by molar-refractivity contribution is 0.0628. The maximum atomic E-state index is 13.2. The number of amides is 1. The second-order valence-electron chi connectivity index (χ2n) is 9.96. The quantitative estimate of drug-likeness (QED) is 0.472. The summed E-state index contributed by atoms with van der Waals surface area (Å²) in [6.45, 7) is 12.1. The SMILES string of the molecule is C=C(c1ccc(C(=O)N2CCN(Cc3ccc(F)cc3)CC2)cn1)N1CCN(Cc2ccc(F)cc2)CC1. The summed E-state index contributed by atoms with van der Waals surface area (Å²) in [4.78, 5) is 26.3. The summed E-state index contributed by atoms with van der Waals surface area (Å²) in [7, 11) is 0. The lowest BCUT2D eigenvalue weighted by Crippen LogP contribution is -2.48. The van der Waals surface area contributed by atoms with Gasteiger partial charge in [-0.1, -0.05) is 30.8 Å². The fourth-order valence-corrected chi connectivity index (χ4v) is 5.02. The molecule has 2 aliphatic rings. The third-order valence-electron chi connectivity index (χ3n) is 7.36. The van der Waals surface area contributed by atoms with Gasteiger partial charge in [-0.2, -0.15) is 0 Å². The summed E-state index contributed by atoms with van der Waals surface area (Å²) in [5, 5.41) is 0. The highest BCUT2D eigenvalue weighted by Gasteiger charge is 2.23. The molecular weight excluding hydrogens is 484 g/mol. The number of aromatic nitrogens is 1. The second kappa shape index (κ2) is 11.8. The molecule has 2 saturated heterocycles. The number of hydrogen-bond donors (Lipinski definition) is 0. The largest absolute Gasteiger partial charge is 0.368 e. The van der Waals surface area contributed by atoms with Crippen LogP contribution in [0.3, 0.4) is 0 Å². The fraction of sp³-hybridized carbons (Fsp3) is 0.333. The third-order valence-corrected chi connectivity index (χ3v) is 7.36. The maximum Gasteiger partial charge on any atom is 0.255 e. The number of hydrogen-bond acceptors (Lipinski definition) is 5. The van der Waals surface area contributed by atoms with Crippen molar-refractivity contribution < 1.29 is 13.6 Å². The molecule has 0 aliphatic carbocycles. The summed E-state index contributed by atoms with van der Waals surface area (Å²) in [6, 6.07) is 17.0. The molecule has 6 nitrogen and oxygen atoms in total. The highest BCUT2D eigenvalue weighted by atomic mass is 19.1. The van der Waals surface area contributed by atoms with Gasteiger partial charge in [0.2, 0.25) is 0 Å². The molecule has 0 saturated carbocycles. The van der Waals surface area contributed by atoms with E-state index >= 15 is 0 Å². The Morgan fingerprint density at radius 1 is 0.684 bits per heavy atom. The predicted octanol–water partition coefficient (Wildman–Crippen LogP) is 4.11. The van der Waals surface area contributed by atoms with Crippen LogP contribution in [0.2, 0.25) is 0 Å². The van der Waals surface area contributed by atoms with E-state index in [0.717, 1.165) is 74.9 Å². The molecule has 0 unspecified atom stereocenters. The summed E-state index contributed by atoms with van der Waals surface area (Å²) in [5.41, 5.74) is 4.39. The zero-order valence-corrected chi connectivity index (χ0v) is 21.5. The first-order chi connectivity index (χ1) is 18.4. The van der Waals surface area contributed by atoms with Crippen LogP contribution in [-0.2, 0) is 13.1 Å². The van der Waals surface area contributed by atoms with E-state index < -0.39 is 0 Å². The van der Waals surface area contributed by atoms with Gasteiger partial charge < -0.3 is 9.80 Å². The van der Waals surface area contributed by atoms with Gasteiger partial charge >= 0.3 is 0 Å². The summed E-state index contributed by atoms with van der Waals surface area (Å²) in [5.74, 6) is -0.449. The van der Waals surface area contributed by atoms with Crippen LogP contribution < -0.4 is 0 Å². The zero-order chi connectivity index (χ0) is 26.5. The number of benzene rings is 2. The van der Waals surface area contributed by atoms with E-state index in [1.807, 2.05) is 41.3 Å². The van der Waals surface area contributed by atoms with Crippen LogP contribution in [0.4, 0.5) is 8.78 Å². The van der Waals surface area contributed by atoms with E-state index in [9.17, 15) is 13.6 Å². The van der Waals surface area contributed by atoms with Crippen molar-refractivity contribution in [2.75, 3.05) is 52.4 Å². The van der Waals surface area contributed by atoms with Crippen LogP contribution in [0, 0.1) is 11.6 Å². The van der Waals surface area contributed by atoms with Gasteiger partial charge in [-0.05, 0) is 47.5 Å². The molecule has 198 valence electrons. The molecule has 3 aromatic rings. The van der Waals surface area contributed by atoms with Crippen molar-refractivity contribution in [3.05, 3.63) is 107 Å². The average molecular weight is 518 g/mol. The lowest BCUT2D eigenvalue weighted by Gasteiger charge is -2.37. The van der Waals surface area contributed by atoms with E-state index in [1.54, 1.807) is 6.20 Å². The van der Waals surface area contributed by atoms with Gasteiger partial charge in [-0.25, -0.2) is 8.78 Å². The van der Waals surface area contributed by atoms with Crippen molar-refractivity contribution >= 4 is 11.6 Å². The van der Waals surface area contributed by atoms with E-state index in [1.165, 1.54) is 24.3 Å². The molecule has 2 aromatic carbocycles. The van der Waals surface area contributed by atoms with Gasteiger partial charge in [0.1, 0.15) is 11.6 Å². The van der Waals surface area contributed by atoms with Crippen LogP contribution in [0.15, 0.2) is 73.4 Å². The van der Waals surface area contributed by atoms with Crippen molar-refractivity contribution in [1.82, 2.24) is 24.6 Å². The number of carbonyl (C=O) groups is 1. The Bertz CT molecular complexity index is 1130. The Labute approximate surface area is 222 Å². The first-order valence-corrected chi connectivity index (χ1v) is 13.1. The van der Waals surface area contributed by atoms with E-state index in [2.05, 4.69) is 26.3 Å². The van der Waals surface area contributed by atoms with Crippen molar-refractivity contribution in [2.45, 2.75) is 13.1 Å². The fourth-order valence-electron chi connectivity index (χ4n) is 5.02. The lowest BCUT2D eigenvalue weighted by atomic mass is 10.1. The van der Waals surface area contributed by atoms with E-state index in [-0.39, 0.29) is 17.5 Å². The standard InChI is InChI=1S/C30H33F2N5O/c1-23(36-16-12-34(13-17-36)21-24-2-7-27(31)8-3-24)29-11-6-26(20-33-29)30(38)37-18-14-35(15-19-37)22-25-4-9-28(32)10-5-25/h2-11,20H,1,12-19,21-22H2. The monoisotopic (exact) mass is 517 g/mol. The molecule has 0 spiro atoms. The predicted molar refractivity (Wildman–Crippen MR) is 144 cm³/mol. The number of nitrogens with zero attached hydrogens (tertiary/aromatic N) is 5. The van der Waals surface area contributed by atoms with E-state index in [0.29, 0.717) is 18.7 Å². The topological polar surface area (TPSA) is 42.9 Å². The molecule has 8 heteroatoms. The smallest absolute Gasteiger partial charge is 0.255 e. The minimum Gasteiger partial charge on any atom is -0.368 e. The number of halogens is 2. The Balaban J connectivity index is 1.09. The summed E-state index contributed by atoms with van der Waals surface area (Å²) >= 11 is 0. The van der Waals surface area contributed by atoms with Crippen LogP contribution in [0.25, 0.3) is 5.70 Å². The number of pyridine rings is 1. The first-order valence-electron chi connectivity index (χ1n) is 13.1. The molecular formula is C30H33F2N5O.